The maximum Gasteiger partial charge on any atom is 0.308 e. The molecule has 0 saturated carbocycles. The predicted molar refractivity (Wildman–Crippen MR) is 124 cm³/mol. The number of carbonyl (C=O) groups excluding carboxylic acids is 1. The van der Waals surface area contributed by atoms with Crippen molar-refractivity contribution < 1.29 is 19.1 Å². The number of rotatable bonds is 21. The highest BCUT2D eigenvalue weighted by Crippen LogP contribution is 2.13. The molecule has 0 aromatic heterocycles. The topological polar surface area (TPSA) is 46.5 Å². The maximum absolute atomic E-state index is 11.7. The zero-order chi connectivity index (χ0) is 21.8. The van der Waals surface area contributed by atoms with Crippen molar-refractivity contribution in [3.63, 3.8) is 0 Å². The molecule has 0 aromatic rings. The summed E-state index contributed by atoms with van der Waals surface area (Å²) in [6.45, 7) is 3.34. The second-order valence-electron chi connectivity index (χ2n) is 9.85. The van der Waals surface area contributed by atoms with Gasteiger partial charge in [-0.2, -0.15) is 0 Å². The number of aliphatic hydroxyl groups is 1. The molecule has 1 unspecified atom stereocenters. The van der Waals surface area contributed by atoms with E-state index in [2.05, 4.69) is 6.92 Å². The van der Waals surface area contributed by atoms with E-state index in [9.17, 15) is 9.90 Å². The molecule has 1 N–H and O–H groups in total. The normalized spacial score (nSPS) is 12.9. The second-order valence-corrected chi connectivity index (χ2v) is 9.85. The Labute approximate surface area is 182 Å². The van der Waals surface area contributed by atoms with Crippen molar-refractivity contribution >= 4 is 5.97 Å². The van der Waals surface area contributed by atoms with E-state index in [-0.39, 0.29) is 12.4 Å². The van der Waals surface area contributed by atoms with Crippen LogP contribution in [0.4, 0.5) is 0 Å². The van der Waals surface area contributed by atoms with Gasteiger partial charge in [-0.15, -0.1) is 0 Å². The van der Waals surface area contributed by atoms with E-state index in [1.807, 2.05) is 21.1 Å². The highest BCUT2D eigenvalue weighted by atomic mass is 16.5. The van der Waals surface area contributed by atoms with Crippen molar-refractivity contribution in [3.05, 3.63) is 0 Å². The van der Waals surface area contributed by atoms with Crippen LogP contribution in [0.1, 0.15) is 116 Å². The molecule has 4 nitrogen and oxygen atoms in total. The van der Waals surface area contributed by atoms with Crippen LogP contribution in [0.25, 0.3) is 0 Å². The molecule has 0 spiro atoms. The molecule has 29 heavy (non-hydrogen) atoms. The number of carbonyl (C=O) groups is 1. The first-order chi connectivity index (χ1) is 13.8. The largest absolute Gasteiger partial charge is 0.466 e. The third-order valence-electron chi connectivity index (χ3n) is 5.42. The summed E-state index contributed by atoms with van der Waals surface area (Å²) in [6.07, 6.45) is 20.9. The van der Waals surface area contributed by atoms with Gasteiger partial charge in [0.2, 0.25) is 0 Å². The number of aliphatic hydroxyl groups excluding tert-OH is 1. The minimum absolute atomic E-state index is 0.106. The Kier molecular flexibility index (Phi) is 19.0. The van der Waals surface area contributed by atoms with Gasteiger partial charge in [0.15, 0.2) is 0 Å². The van der Waals surface area contributed by atoms with Gasteiger partial charge in [0.1, 0.15) is 12.6 Å². The van der Waals surface area contributed by atoms with Gasteiger partial charge >= 0.3 is 5.97 Å². The van der Waals surface area contributed by atoms with Crippen LogP contribution in [0, 0.1) is 0 Å². The fourth-order valence-electron chi connectivity index (χ4n) is 3.78. The zero-order valence-electron chi connectivity index (χ0n) is 20.2. The monoisotopic (exact) mass is 414 g/mol. The van der Waals surface area contributed by atoms with Crippen LogP contribution in [0.3, 0.4) is 0 Å². The number of likely N-dealkylation sites (N-methyl/N-ethyl adjacent to an activating group) is 1. The third kappa shape index (κ3) is 23.5. The number of esters is 1. The summed E-state index contributed by atoms with van der Waals surface area (Å²) in [5.74, 6) is -0.271. The highest BCUT2D eigenvalue weighted by molar-refractivity contribution is 5.69. The SMILES string of the molecule is CCCCCCCCCCCCCCCCCCOC(=O)CC(O)C[N+](C)(C)C. The Morgan fingerprint density at radius 2 is 1.10 bits per heavy atom. The van der Waals surface area contributed by atoms with E-state index in [0.29, 0.717) is 17.6 Å². The summed E-state index contributed by atoms with van der Waals surface area (Å²) in [5, 5.41) is 9.88. The van der Waals surface area contributed by atoms with Gasteiger partial charge in [0.25, 0.3) is 0 Å². The molecule has 0 bridgehead atoms. The molecule has 4 heteroatoms. The van der Waals surface area contributed by atoms with E-state index in [4.69, 9.17) is 4.74 Å². The summed E-state index contributed by atoms with van der Waals surface area (Å²) in [7, 11) is 6.01. The fraction of sp³-hybridized carbons (Fsp3) is 0.960. The lowest BCUT2D eigenvalue weighted by Crippen LogP contribution is -2.42. The molecule has 174 valence electrons. The lowest BCUT2D eigenvalue weighted by atomic mass is 10.0. The van der Waals surface area contributed by atoms with Crippen molar-refractivity contribution in [1.29, 1.82) is 0 Å². The zero-order valence-corrected chi connectivity index (χ0v) is 20.2. The van der Waals surface area contributed by atoms with Crippen LogP contribution in [0.15, 0.2) is 0 Å². The molecule has 0 saturated heterocycles. The minimum atomic E-state index is -0.617. The summed E-state index contributed by atoms with van der Waals surface area (Å²) in [5.41, 5.74) is 0. The van der Waals surface area contributed by atoms with Crippen LogP contribution in [-0.2, 0) is 9.53 Å². The first kappa shape index (κ1) is 28.4. The molecule has 0 aliphatic rings. The average molecular weight is 415 g/mol. The van der Waals surface area contributed by atoms with Crippen molar-refractivity contribution in [2.45, 2.75) is 122 Å². The summed E-state index contributed by atoms with van der Waals surface area (Å²) in [6, 6.07) is 0. The molecule has 0 rings (SSSR count). The molecule has 0 fully saturated rings. The van der Waals surface area contributed by atoms with Crippen molar-refractivity contribution in [3.8, 4) is 0 Å². The molecule has 0 heterocycles. The second kappa shape index (κ2) is 19.4. The Bertz CT molecular complexity index is 366. The Hall–Kier alpha value is -0.610. The number of nitrogens with zero attached hydrogens (tertiary/aromatic N) is 1. The molecular weight excluding hydrogens is 362 g/mol. The number of hydrogen-bond donors (Lipinski definition) is 1. The van der Waals surface area contributed by atoms with Crippen LogP contribution in [0.5, 0.6) is 0 Å². The van der Waals surface area contributed by atoms with Gasteiger partial charge in [-0.3, -0.25) is 4.79 Å². The van der Waals surface area contributed by atoms with Crippen LogP contribution in [0.2, 0.25) is 0 Å². The number of unbranched alkanes of at least 4 members (excludes halogenated alkanes) is 15. The van der Waals surface area contributed by atoms with E-state index in [1.165, 1.54) is 89.9 Å². The number of quaternary nitrogens is 1. The first-order valence-electron chi connectivity index (χ1n) is 12.5. The molecule has 0 aromatic carbocycles. The van der Waals surface area contributed by atoms with E-state index in [1.54, 1.807) is 0 Å². The van der Waals surface area contributed by atoms with Crippen molar-refractivity contribution in [2.24, 2.45) is 0 Å². The molecule has 0 aliphatic carbocycles. The summed E-state index contributed by atoms with van der Waals surface area (Å²) < 4.78 is 5.89. The molecule has 0 radical (unpaired) electrons. The quantitative estimate of drug-likeness (QED) is 0.137. The minimum Gasteiger partial charge on any atom is -0.466 e. The molecule has 1 atom stereocenters. The van der Waals surface area contributed by atoms with Crippen molar-refractivity contribution in [1.82, 2.24) is 0 Å². The van der Waals surface area contributed by atoms with E-state index in [0.717, 1.165) is 12.8 Å². The van der Waals surface area contributed by atoms with Crippen molar-refractivity contribution in [2.75, 3.05) is 34.3 Å². The summed E-state index contributed by atoms with van der Waals surface area (Å²) >= 11 is 0. The molecule has 0 amide bonds. The van der Waals surface area contributed by atoms with Gasteiger partial charge in [-0.25, -0.2) is 0 Å². The van der Waals surface area contributed by atoms with Crippen LogP contribution >= 0.6 is 0 Å². The number of ether oxygens (including phenoxy) is 1. The fourth-order valence-corrected chi connectivity index (χ4v) is 3.78. The Balaban J connectivity index is 3.25. The molecular formula is C25H52NO3+. The Morgan fingerprint density at radius 3 is 1.48 bits per heavy atom. The molecule has 0 aliphatic heterocycles. The summed E-state index contributed by atoms with van der Waals surface area (Å²) in [4.78, 5) is 11.7. The third-order valence-corrected chi connectivity index (χ3v) is 5.42. The van der Waals surface area contributed by atoms with Gasteiger partial charge < -0.3 is 14.3 Å². The van der Waals surface area contributed by atoms with Crippen LogP contribution < -0.4 is 0 Å². The smallest absolute Gasteiger partial charge is 0.308 e. The van der Waals surface area contributed by atoms with Gasteiger partial charge in [-0.1, -0.05) is 103 Å². The predicted octanol–water partition coefficient (Wildman–Crippen LogP) is 6.25. The van der Waals surface area contributed by atoms with Gasteiger partial charge in [0, 0.05) is 0 Å². The van der Waals surface area contributed by atoms with Crippen LogP contribution in [-0.4, -0.2) is 56.0 Å². The maximum atomic E-state index is 11.7. The first-order valence-corrected chi connectivity index (χ1v) is 12.5. The standard InChI is InChI=1S/C25H52NO3/c1-5-6-7-8-9-10-11-12-13-14-15-16-17-18-19-20-21-29-25(28)22-24(27)23-26(2,3)4/h24,27H,5-23H2,1-4H3/q+1. The van der Waals surface area contributed by atoms with Gasteiger partial charge in [0.05, 0.1) is 34.2 Å². The Morgan fingerprint density at radius 1 is 0.724 bits per heavy atom. The average Bonchev–Trinajstić information content (AvgIpc) is 2.62. The number of hydrogen-bond acceptors (Lipinski definition) is 3. The van der Waals surface area contributed by atoms with Gasteiger partial charge in [-0.05, 0) is 6.42 Å². The van der Waals surface area contributed by atoms with E-state index < -0.39 is 6.10 Å². The highest BCUT2D eigenvalue weighted by Gasteiger charge is 2.19. The lowest BCUT2D eigenvalue weighted by Gasteiger charge is -2.26. The lowest BCUT2D eigenvalue weighted by molar-refractivity contribution is -0.873. The van der Waals surface area contributed by atoms with E-state index >= 15 is 0 Å².